The summed E-state index contributed by atoms with van der Waals surface area (Å²) in [5, 5.41) is 9.28. The van der Waals surface area contributed by atoms with Gasteiger partial charge in [-0.3, -0.25) is 4.90 Å². The first-order valence-corrected chi connectivity index (χ1v) is 6.77. The summed E-state index contributed by atoms with van der Waals surface area (Å²) in [5.74, 6) is 0.628. The van der Waals surface area contributed by atoms with E-state index >= 15 is 0 Å². The van der Waals surface area contributed by atoms with Gasteiger partial charge in [-0.15, -0.1) is 0 Å². The van der Waals surface area contributed by atoms with E-state index in [1.54, 1.807) is 0 Å². The van der Waals surface area contributed by atoms with E-state index in [1.165, 1.54) is 19.3 Å². The van der Waals surface area contributed by atoms with Crippen molar-refractivity contribution in [1.82, 2.24) is 4.90 Å². The molecule has 4 heteroatoms. The Morgan fingerprint density at radius 3 is 2.76 bits per heavy atom. The number of nitrogens with zero attached hydrogens (tertiary/aromatic N) is 1. The zero-order chi connectivity index (χ0) is 12.5. The number of ether oxygens (including phenoxy) is 1. The van der Waals surface area contributed by atoms with E-state index < -0.39 is 0 Å². The minimum absolute atomic E-state index is 0.0450. The molecule has 100 valence electrons. The van der Waals surface area contributed by atoms with E-state index in [4.69, 9.17) is 10.5 Å². The van der Waals surface area contributed by atoms with Gasteiger partial charge in [-0.05, 0) is 32.6 Å². The Hall–Kier alpha value is -0.160. The summed E-state index contributed by atoms with van der Waals surface area (Å²) in [6.45, 7) is 7.13. The molecular formula is C13H26N2O2. The lowest BCUT2D eigenvalue weighted by Crippen LogP contribution is -2.55. The average Bonchev–Trinajstić information content (AvgIpc) is 2.62. The van der Waals surface area contributed by atoms with Crippen molar-refractivity contribution in [3.63, 3.8) is 0 Å². The molecule has 0 radical (unpaired) electrons. The van der Waals surface area contributed by atoms with Gasteiger partial charge >= 0.3 is 0 Å². The number of aliphatic hydroxyl groups excluding tert-OH is 1. The quantitative estimate of drug-likeness (QED) is 0.760. The van der Waals surface area contributed by atoms with Crippen LogP contribution in [-0.2, 0) is 4.74 Å². The second-order valence-corrected chi connectivity index (χ2v) is 6.23. The fourth-order valence-electron chi connectivity index (χ4n) is 3.27. The summed E-state index contributed by atoms with van der Waals surface area (Å²) in [7, 11) is 0. The fraction of sp³-hybridized carbons (Fsp3) is 1.00. The lowest BCUT2D eigenvalue weighted by molar-refractivity contribution is -0.150. The van der Waals surface area contributed by atoms with E-state index in [0.29, 0.717) is 12.0 Å². The molecule has 3 unspecified atom stereocenters. The van der Waals surface area contributed by atoms with E-state index in [1.807, 2.05) is 0 Å². The summed E-state index contributed by atoms with van der Waals surface area (Å²) < 4.78 is 5.82. The van der Waals surface area contributed by atoms with E-state index in [2.05, 4.69) is 18.7 Å². The highest BCUT2D eigenvalue weighted by Crippen LogP contribution is 2.27. The van der Waals surface area contributed by atoms with E-state index in [0.717, 1.165) is 19.6 Å². The Labute approximate surface area is 104 Å². The van der Waals surface area contributed by atoms with Crippen LogP contribution in [0.1, 0.15) is 33.1 Å². The zero-order valence-electron chi connectivity index (χ0n) is 11.1. The van der Waals surface area contributed by atoms with E-state index in [-0.39, 0.29) is 18.3 Å². The number of morpholine rings is 1. The van der Waals surface area contributed by atoms with Crippen molar-refractivity contribution in [3.05, 3.63) is 0 Å². The maximum Gasteiger partial charge on any atom is 0.0940 e. The molecule has 0 bridgehead atoms. The van der Waals surface area contributed by atoms with Crippen molar-refractivity contribution in [3.8, 4) is 0 Å². The second-order valence-electron chi connectivity index (χ2n) is 6.23. The van der Waals surface area contributed by atoms with Gasteiger partial charge in [0.25, 0.3) is 0 Å². The van der Waals surface area contributed by atoms with E-state index in [9.17, 15) is 5.11 Å². The standard InChI is InChI=1S/C13H26N2O2/c1-13(2)9-15(7-11(8-16)17-13)6-10-4-3-5-12(10)14/h10-12,16H,3-9,14H2,1-2H3. The molecule has 0 aromatic carbocycles. The van der Waals surface area contributed by atoms with Crippen molar-refractivity contribution in [2.75, 3.05) is 26.2 Å². The molecule has 3 atom stereocenters. The summed E-state index contributed by atoms with van der Waals surface area (Å²) in [5.41, 5.74) is 5.97. The molecule has 3 N–H and O–H groups in total. The van der Waals surface area contributed by atoms with Crippen LogP contribution in [0.3, 0.4) is 0 Å². The van der Waals surface area contributed by atoms with Crippen molar-refractivity contribution in [1.29, 1.82) is 0 Å². The molecule has 2 rings (SSSR count). The topological polar surface area (TPSA) is 58.7 Å². The highest BCUT2D eigenvalue weighted by Gasteiger charge is 2.35. The van der Waals surface area contributed by atoms with Crippen molar-refractivity contribution >= 4 is 0 Å². The molecule has 0 aromatic heterocycles. The molecule has 2 fully saturated rings. The predicted molar refractivity (Wildman–Crippen MR) is 67.8 cm³/mol. The SMILES string of the molecule is CC1(C)CN(CC2CCCC2N)CC(CO)O1. The van der Waals surface area contributed by atoms with Gasteiger partial charge in [0.1, 0.15) is 0 Å². The third-order valence-electron chi connectivity index (χ3n) is 3.97. The molecule has 1 saturated heterocycles. The predicted octanol–water partition coefficient (Wildman–Crippen LogP) is 0.586. The summed E-state index contributed by atoms with van der Waals surface area (Å²) in [6, 6.07) is 0.369. The number of aliphatic hydroxyl groups is 1. The van der Waals surface area contributed by atoms with Gasteiger partial charge in [-0.2, -0.15) is 0 Å². The van der Waals surface area contributed by atoms with Crippen LogP contribution in [0.5, 0.6) is 0 Å². The Morgan fingerprint density at radius 1 is 1.41 bits per heavy atom. The zero-order valence-corrected chi connectivity index (χ0v) is 11.1. The van der Waals surface area contributed by atoms with Gasteiger partial charge in [-0.1, -0.05) is 6.42 Å². The van der Waals surface area contributed by atoms with Crippen LogP contribution in [0.15, 0.2) is 0 Å². The van der Waals surface area contributed by atoms with Gasteiger partial charge in [0.2, 0.25) is 0 Å². The molecule has 0 spiro atoms. The van der Waals surface area contributed by atoms with Crippen LogP contribution >= 0.6 is 0 Å². The number of nitrogens with two attached hydrogens (primary N) is 1. The van der Waals surface area contributed by atoms with Crippen molar-refractivity contribution in [2.24, 2.45) is 11.7 Å². The van der Waals surface area contributed by atoms with Gasteiger partial charge in [0.05, 0.1) is 18.3 Å². The smallest absolute Gasteiger partial charge is 0.0940 e. The molecule has 1 heterocycles. The molecule has 0 amide bonds. The maximum absolute atomic E-state index is 9.28. The molecule has 1 aliphatic carbocycles. The van der Waals surface area contributed by atoms with Crippen LogP contribution in [-0.4, -0.2) is 54.0 Å². The van der Waals surface area contributed by atoms with Gasteiger partial charge < -0.3 is 15.6 Å². The first kappa shape index (κ1) is 13.3. The summed E-state index contributed by atoms with van der Waals surface area (Å²) in [4.78, 5) is 2.42. The molecule has 1 saturated carbocycles. The molecule has 17 heavy (non-hydrogen) atoms. The highest BCUT2D eigenvalue weighted by molar-refractivity contribution is 4.88. The largest absolute Gasteiger partial charge is 0.394 e. The van der Waals surface area contributed by atoms with Gasteiger partial charge in [0.15, 0.2) is 0 Å². The lowest BCUT2D eigenvalue weighted by Gasteiger charge is -2.43. The Bertz CT molecular complexity index is 258. The highest BCUT2D eigenvalue weighted by atomic mass is 16.5. The van der Waals surface area contributed by atoms with Gasteiger partial charge in [-0.25, -0.2) is 0 Å². The van der Waals surface area contributed by atoms with Crippen LogP contribution in [0.25, 0.3) is 0 Å². The Morgan fingerprint density at radius 2 is 2.18 bits per heavy atom. The molecule has 2 aliphatic rings. The van der Waals surface area contributed by atoms with Crippen LogP contribution in [0.2, 0.25) is 0 Å². The second kappa shape index (κ2) is 5.22. The number of hydrogen-bond acceptors (Lipinski definition) is 4. The third-order valence-corrected chi connectivity index (χ3v) is 3.97. The number of hydrogen-bond donors (Lipinski definition) is 2. The average molecular weight is 242 g/mol. The Kier molecular flexibility index (Phi) is 4.08. The summed E-state index contributed by atoms with van der Waals surface area (Å²) >= 11 is 0. The first-order valence-electron chi connectivity index (χ1n) is 6.77. The van der Waals surface area contributed by atoms with Crippen molar-refractivity contribution < 1.29 is 9.84 Å². The molecular weight excluding hydrogens is 216 g/mol. The monoisotopic (exact) mass is 242 g/mol. The first-order chi connectivity index (χ1) is 8.00. The summed E-state index contributed by atoms with van der Waals surface area (Å²) in [6.07, 6.45) is 3.64. The third kappa shape index (κ3) is 3.41. The minimum Gasteiger partial charge on any atom is -0.394 e. The molecule has 0 aromatic rings. The number of rotatable bonds is 3. The van der Waals surface area contributed by atoms with Crippen LogP contribution < -0.4 is 5.73 Å². The molecule has 1 aliphatic heterocycles. The maximum atomic E-state index is 9.28. The van der Waals surface area contributed by atoms with Crippen LogP contribution in [0, 0.1) is 5.92 Å². The normalized spacial score (nSPS) is 38.5. The molecule has 4 nitrogen and oxygen atoms in total. The minimum atomic E-state index is -0.158. The van der Waals surface area contributed by atoms with Crippen LogP contribution in [0.4, 0.5) is 0 Å². The fourth-order valence-corrected chi connectivity index (χ4v) is 3.27. The Balaban J connectivity index is 1.91. The van der Waals surface area contributed by atoms with Gasteiger partial charge in [0, 0.05) is 25.7 Å². The lowest BCUT2D eigenvalue weighted by atomic mass is 10.00. The van der Waals surface area contributed by atoms with Crippen molar-refractivity contribution in [2.45, 2.75) is 50.9 Å².